The summed E-state index contributed by atoms with van der Waals surface area (Å²) in [4.78, 5) is 31.4. The van der Waals surface area contributed by atoms with E-state index in [0.717, 1.165) is 38.7 Å². The first kappa shape index (κ1) is 16.4. The first-order valence-corrected chi connectivity index (χ1v) is 9.81. The van der Waals surface area contributed by atoms with Gasteiger partial charge in [0, 0.05) is 28.4 Å². The average Bonchev–Trinajstić information content (AvgIpc) is 3.34. The highest BCUT2D eigenvalue weighted by Crippen LogP contribution is 2.42. The van der Waals surface area contributed by atoms with Crippen molar-refractivity contribution < 1.29 is 14.0 Å². The van der Waals surface area contributed by atoms with E-state index in [-0.39, 0.29) is 17.9 Å². The molecule has 0 spiro atoms. The summed E-state index contributed by atoms with van der Waals surface area (Å²) >= 11 is 0. The van der Waals surface area contributed by atoms with Gasteiger partial charge in [-0.3, -0.25) is 9.59 Å². The van der Waals surface area contributed by atoms with Crippen molar-refractivity contribution in [3.05, 3.63) is 71.6 Å². The summed E-state index contributed by atoms with van der Waals surface area (Å²) in [5.74, 6) is -0.154. The molecule has 6 nitrogen and oxygen atoms in total. The quantitative estimate of drug-likeness (QED) is 0.528. The van der Waals surface area contributed by atoms with E-state index in [1.165, 1.54) is 0 Å². The Morgan fingerprint density at radius 2 is 1.97 bits per heavy atom. The predicted octanol–water partition coefficient (Wildman–Crippen LogP) is 3.28. The molecule has 29 heavy (non-hydrogen) atoms. The molecule has 4 aromatic rings. The molecule has 6 rings (SSSR count). The van der Waals surface area contributed by atoms with Crippen LogP contribution in [0.4, 0.5) is 0 Å². The zero-order valence-corrected chi connectivity index (χ0v) is 15.8. The summed E-state index contributed by atoms with van der Waals surface area (Å²) < 4.78 is 5.49. The number of benzene rings is 2. The van der Waals surface area contributed by atoms with Crippen LogP contribution in [0.25, 0.3) is 21.9 Å². The lowest BCUT2D eigenvalue weighted by atomic mass is 9.85. The van der Waals surface area contributed by atoms with Crippen molar-refractivity contribution in [1.29, 1.82) is 0 Å². The van der Waals surface area contributed by atoms with E-state index in [9.17, 15) is 9.59 Å². The number of carbonyl (C=O) groups is 2. The highest BCUT2D eigenvalue weighted by atomic mass is 16.3. The highest BCUT2D eigenvalue weighted by Gasteiger charge is 2.47. The van der Waals surface area contributed by atoms with Crippen molar-refractivity contribution in [3.8, 4) is 0 Å². The van der Waals surface area contributed by atoms with Gasteiger partial charge in [0.2, 0.25) is 11.8 Å². The fraction of sp³-hybridized carbons (Fsp3) is 0.217. The van der Waals surface area contributed by atoms with E-state index in [1.54, 1.807) is 18.1 Å². The molecule has 2 aromatic carbocycles. The van der Waals surface area contributed by atoms with Gasteiger partial charge in [-0.15, -0.1) is 0 Å². The van der Waals surface area contributed by atoms with Crippen LogP contribution in [0.3, 0.4) is 0 Å². The maximum absolute atomic E-state index is 13.2. The van der Waals surface area contributed by atoms with E-state index in [0.29, 0.717) is 6.42 Å². The molecule has 3 atom stereocenters. The number of H-pyrrole nitrogens is 1. The second-order valence-corrected chi connectivity index (χ2v) is 7.88. The Kier molecular flexibility index (Phi) is 3.25. The van der Waals surface area contributed by atoms with Gasteiger partial charge in [-0.25, -0.2) is 0 Å². The SMILES string of the molecule is CC1NC(=O)[C@H]2Cc3c([nH]c4ccccc34)[C@@H](c3ccc4occc4c3)N2C1=O. The number of hydrogen-bond donors (Lipinski definition) is 2. The number of para-hydroxylation sites is 1. The molecule has 2 aliphatic rings. The second kappa shape index (κ2) is 5.73. The Morgan fingerprint density at radius 1 is 1.10 bits per heavy atom. The van der Waals surface area contributed by atoms with Crippen molar-refractivity contribution >= 4 is 33.7 Å². The second-order valence-electron chi connectivity index (χ2n) is 7.88. The van der Waals surface area contributed by atoms with Crippen molar-refractivity contribution in [2.24, 2.45) is 0 Å². The van der Waals surface area contributed by atoms with Crippen LogP contribution in [0.1, 0.15) is 29.8 Å². The summed E-state index contributed by atoms with van der Waals surface area (Å²) in [6.45, 7) is 1.74. The first-order chi connectivity index (χ1) is 14.1. The molecule has 6 heteroatoms. The van der Waals surface area contributed by atoms with Crippen LogP contribution >= 0.6 is 0 Å². The molecule has 0 bridgehead atoms. The van der Waals surface area contributed by atoms with Crippen molar-refractivity contribution in [1.82, 2.24) is 15.2 Å². The standard InChI is InChI=1S/C23H19N3O3/c1-12-23(28)26-18(22(27)24-12)11-16-15-4-2-3-5-17(15)25-20(16)21(26)14-6-7-19-13(10-14)8-9-29-19/h2-10,12,18,21,25H,11H2,1H3,(H,24,27)/t12?,18-,21-/m1/s1. The Hall–Kier alpha value is -3.54. The smallest absolute Gasteiger partial charge is 0.246 e. The minimum atomic E-state index is -0.537. The summed E-state index contributed by atoms with van der Waals surface area (Å²) in [6, 6.07) is 14.6. The number of fused-ring (bicyclic) bond motifs is 5. The lowest BCUT2D eigenvalue weighted by Gasteiger charge is -2.45. The highest BCUT2D eigenvalue weighted by molar-refractivity contribution is 5.99. The van der Waals surface area contributed by atoms with Gasteiger partial charge in [0.25, 0.3) is 0 Å². The zero-order valence-electron chi connectivity index (χ0n) is 15.8. The molecule has 0 radical (unpaired) electrons. The van der Waals surface area contributed by atoms with Crippen LogP contribution in [0.15, 0.2) is 59.2 Å². The molecule has 2 amide bonds. The van der Waals surface area contributed by atoms with Gasteiger partial charge in [-0.1, -0.05) is 24.3 Å². The van der Waals surface area contributed by atoms with Gasteiger partial charge in [0.1, 0.15) is 17.7 Å². The van der Waals surface area contributed by atoms with Crippen LogP contribution in [-0.4, -0.2) is 33.8 Å². The summed E-state index contributed by atoms with van der Waals surface area (Å²) in [6.07, 6.45) is 2.17. The van der Waals surface area contributed by atoms with Crippen LogP contribution in [-0.2, 0) is 16.0 Å². The lowest BCUT2D eigenvalue weighted by molar-refractivity contribution is -0.151. The third-order valence-corrected chi connectivity index (χ3v) is 6.21. The fourth-order valence-corrected chi connectivity index (χ4v) is 4.86. The minimum absolute atomic E-state index is 0.0591. The molecule has 1 fully saturated rings. The van der Waals surface area contributed by atoms with Gasteiger partial charge in [-0.2, -0.15) is 0 Å². The Bertz CT molecular complexity index is 1300. The third kappa shape index (κ3) is 2.23. The minimum Gasteiger partial charge on any atom is -0.464 e. The topological polar surface area (TPSA) is 78.3 Å². The molecule has 0 saturated carbocycles. The number of hydrogen-bond acceptors (Lipinski definition) is 3. The van der Waals surface area contributed by atoms with Gasteiger partial charge in [-0.05, 0) is 42.3 Å². The molecule has 144 valence electrons. The number of aromatic nitrogens is 1. The summed E-state index contributed by atoms with van der Waals surface area (Å²) in [7, 11) is 0. The molecule has 1 unspecified atom stereocenters. The number of rotatable bonds is 1. The Morgan fingerprint density at radius 3 is 2.86 bits per heavy atom. The van der Waals surface area contributed by atoms with Crippen molar-refractivity contribution in [2.75, 3.05) is 0 Å². The van der Waals surface area contributed by atoms with Crippen LogP contribution in [0, 0.1) is 0 Å². The molecular weight excluding hydrogens is 366 g/mol. The molecule has 0 aliphatic carbocycles. The monoisotopic (exact) mass is 385 g/mol. The number of carbonyl (C=O) groups excluding carboxylic acids is 2. The maximum Gasteiger partial charge on any atom is 0.246 e. The van der Waals surface area contributed by atoms with E-state index in [1.807, 2.05) is 42.5 Å². The van der Waals surface area contributed by atoms with Gasteiger partial charge >= 0.3 is 0 Å². The number of furan rings is 1. The van der Waals surface area contributed by atoms with Crippen LogP contribution in [0.2, 0.25) is 0 Å². The average molecular weight is 385 g/mol. The number of aromatic amines is 1. The molecule has 1 saturated heterocycles. The van der Waals surface area contributed by atoms with E-state index in [2.05, 4.69) is 16.4 Å². The van der Waals surface area contributed by atoms with Gasteiger partial charge < -0.3 is 19.6 Å². The van der Waals surface area contributed by atoms with Gasteiger partial charge in [0.05, 0.1) is 12.3 Å². The fourth-order valence-electron chi connectivity index (χ4n) is 4.86. The predicted molar refractivity (Wildman–Crippen MR) is 108 cm³/mol. The normalized spacial score (nSPS) is 23.9. The zero-order chi connectivity index (χ0) is 19.7. The largest absolute Gasteiger partial charge is 0.464 e. The third-order valence-electron chi connectivity index (χ3n) is 6.21. The Labute approximate surface area is 166 Å². The molecular formula is C23H19N3O3. The van der Waals surface area contributed by atoms with Crippen LogP contribution in [0.5, 0.6) is 0 Å². The number of piperazine rings is 1. The molecule has 2 N–H and O–H groups in total. The van der Waals surface area contributed by atoms with E-state index in [4.69, 9.17) is 4.42 Å². The number of nitrogens with zero attached hydrogens (tertiary/aromatic N) is 1. The summed E-state index contributed by atoms with van der Waals surface area (Å²) in [5.41, 5.74) is 4.88. The first-order valence-electron chi connectivity index (χ1n) is 9.81. The van der Waals surface area contributed by atoms with Crippen LogP contribution < -0.4 is 5.32 Å². The lowest BCUT2D eigenvalue weighted by Crippen LogP contribution is -2.65. The summed E-state index contributed by atoms with van der Waals surface area (Å²) in [5, 5.41) is 4.92. The molecule has 2 aliphatic heterocycles. The maximum atomic E-state index is 13.2. The van der Waals surface area contributed by atoms with Crippen molar-refractivity contribution in [2.45, 2.75) is 31.5 Å². The van der Waals surface area contributed by atoms with E-state index < -0.39 is 12.1 Å². The number of amides is 2. The van der Waals surface area contributed by atoms with Gasteiger partial charge in [0.15, 0.2) is 0 Å². The van der Waals surface area contributed by atoms with E-state index >= 15 is 0 Å². The number of nitrogens with one attached hydrogen (secondary N) is 2. The molecule has 4 heterocycles. The Balaban J connectivity index is 1.63. The molecule has 2 aromatic heterocycles. The van der Waals surface area contributed by atoms with Crippen molar-refractivity contribution in [3.63, 3.8) is 0 Å².